The van der Waals surface area contributed by atoms with Gasteiger partial charge < -0.3 is 11.1 Å². The first-order valence-corrected chi connectivity index (χ1v) is 5.11. The van der Waals surface area contributed by atoms with Crippen molar-refractivity contribution in [1.29, 1.82) is 5.26 Å². The van der Waals surface area contributed by atoms with Gasteiger partial charge in [0.2, 0.25) is 0 Å². The molecule has 0 amide bonds. The number of hydrogen-bond donors (Lipinski definition) is 2. The average Bonchev–Trinajstić information content (AvgIpc) is 2.19. The molecule has 74 valence electrons. The summed E-state index contributed by atoms with van der Waals surface area (Å²) in [4.78, 5) is 0. The van der Waals surface area contributed by atoms with Gasteiger partial charge >= 0.3 is 0 Å². The van der Waals surface area contributed by atoms with Crippen molar-refractivity contribution in [1.82, 2.24) is 5.32 Å². The van der Waals surface area contributed by atoms with Crippen LogP contribution in [0.5, 0.6) is 0 Å². The van der Waals surface area contributed by atoms with Gasteiger partial charge in [-0.05, 0) is 53.6 Å². The number of nitrogens with zero attached hydrogens (tertiary/aromatic N) is 1. The van der Waals surface area contributed by atoms with Crippen LogP contribution in [0.15, 0.2) is 16.6 Å². The molecule has 0 aliphatic rings. The zero-order valence-electron chi connectivity index (χ0n) is 7.97. The van der Waals surface area contributed by atoms with Gasteiger partial charge in [0.25, 0.3) is 0 Å². The molecule has 0 aliphatic heterocycles. The maximum Gasteiger partial charge on any atom is 0.101 e. The third kappa shape index (κ3) is 2.47. The summed E-state index contributed by atoms with van der Waals surface area (Å²) >= 11 is 3.33. The van der Waals surface area contributed by atoms with Gasteiger partial charge in [-0.1, -0.05) is 0 Å². The lowest BCUT2D eigenvalue weighted by atomic mass is 10.1. The molecule has 3 N–H and O–H groups in total. The first-order valence-electron chi connectivity index (χ1n) is 4.31. The molecule has 0 fully saturated rings. The molecule has 1 aromatic carbocycles. The third-order valence-corrected chi connectivity index (χ3v) is 2.63. The van der Waals surface area contributed by atoms with E-state index in [9.17, 15) is 0 Å². The number of benzene rings is 1. The maximum atomic E-state index is 8.83. The first kappa shape index (κ1) is 11.0. The van der Waals surface area contributed by atoms with E-state index < -0.39 is 0 Å². The Morgan fingerprint density at radius 2 is 2.29 bits per heavy atom. The second-order valence-corrected chi connectivity index (χ2v) is 3.86. The standard InChI is InChI=1S/C10H12BrN3/c1-14-3-2-7-4-8(6-12)10(13)9(11)5-7/h4-5,14H,2-3,13H2,1H3. The molecule has 0 saturated heterocycles. The molecule has 1 aromatic rings. The van der Waals surface area contributed by atoms with E-state index in [1.807, 2.05) is 19.2 Å². The van der Waals surface area contributed by atoms with E-state index in [4.69, 9.17) is 11.0 Å². The second kappa shape index (κ2) is 4.99. The Morgan fingerprint density at radius 1 is 1.57 bits per heavy atom. The van der Waals surface area contributed by atoms with Crippen LogP contribution in [0.2, 0.25) is 0 Å². The number of halogens is 1. The first-order chi connectivity index (χ1) is 6.69. The fraction of sp³-hybridized carbons (Fsp3) is 0.300. The van der Waals surface area contributed by atoms with Gasteiger partial charge in [0.1, 0.15) is 6.07 Å². The summed E-state index contributed by atoms with van der Waals surface area (Å²) in [5.74, 6) is 0. The fourth-order valence-electron chi connectivity index (χ4n) is 1.18. The van der Waals surface area contributed by atoms with Crippen molar-refractivity contribution >= 4 is 21.6 Å². The molecule has 0 aliphatic carbocycles. The largest absolute Gasteiger partial charge is 0.397 e. The lowest BCUT2D eigenvalue weighted by Gasteiger charge is -2.05. The Labute approximate surface area is 92.0 Å². The molecule has 14 heavy (non-hydrogen) atoms. The van der Waals surface area contributed by atoms with E-state index in [-0.39, 0.29) is 0 Å². The van der Waals surface area contributed by atoms with E-state index in [2.05, 4.69) is 27.3 Å². The zero-order chi connectivity index (χ0) is 10.6. The Kier molecular flexibility index (Phi) is 3.93. The highest BCUT2D eigenvalue weighted by molar-refractivity contribution is 9.10. The van der Waals surface area contributed by atoms with E-state index in [1.165, 1.54) is 0 Å². The SMILES string of the molecule is CNCCc1cc(Br)c(N)c(C#N)c1. The Balaban J connectivity index is 2.99. The number of nitrogens with one attached hydrogen (secondary N) is 1. The lowest BCUT2D eigenvalue weighted by molar-refractivity contribution is 0.791. The number of nitrogens with two attached hydrogens (primary N) is 1. The van der Waals surface area contributed by atoms with Gasteiger partial charge in [-0.15, -0.1) is 0 Å². The van der Waals surface area contributed by atoms with Crippen LogP contribution in [-0.2, 0) is 6.42 Å². The quantitative estimate of drug-likeness (QED) is 0.806. The van der Waals surface area contributed by atoms with Gasteiger partial charge in [0, 0.05) is 4.47 Å². The van der Waals surface area contributed by atoms with Crippen LogP contribution in [0, 0.1) is 11.3 Å². The van der Waals surface area contributed by atoms with Crippen molar-refractivity contribution in [2.45, 2.75) is 6.42 Å². The molecule has 0 heterocycles. The second-order valence-electron chi connectivity index (χ2n) is 3.00. The number of likely N-dealkylation sites (N-methyl/N-ethyl adjacent to an activating group) is 1. The summed E-state index contributed by atoms with van der Waals surface area (Å²) < 4.78 is 0.794. The van der Waals surface area contributed by atoms with Crippen LogP contribution in [-0.4, -0.2) is 13.6 Å². The summed E-state index contributed by atoms with van der Waals surface area (Å²) in [6.07, 6.45) is 0.893. The molecule has 0 spiro atoms. The Morgan fingerprint density at radius 3 is 2.86 bits per heavy atom. The summed E-state index contributed by atoms with van der Waals surface area (Å²) in [6, 6.07) is 5.86. The van der Waals surface area contributed by atoms with Gasteiger partial charge in [0.15, 0.2) is 0 Å². The molecule has 0 bridgehead atoms. The highest BCUT2D eigenvalue weighted by atomic mass is 79.9. The third-order valence-electron chi connectivity index (χ3n) is 1.97. The normalized spacial score (nSPS) is 9.79. The van der Waals surface area contributed by atoms with Crippen LogP contribution in [0.25, 0.3) is 0 Å². The molecule has 1 rings (SSSR count). The van der Waals surface area contributed by atoms with Gasteiger partial charge in [0.05, 0.1) is 11.3 Å². The number of rotatable bonds is 3. The predicted octanol–water partition coefficient (Wildman–Crippen LogP) is 1.66. The Hall–Kier alpha value is -1.05. The lowest BCUT2D eigenvalue weighted by Crippen LogP contribution is -2.10. The molecule has 0 saturated carbocycles. The monoisotopic (exact) mass is 253 g/mol. The smallest absolute Gasteiger partial charge is 0.101 e. The number of anilines is 1. The molecular weight excluding hydrogens is 242 g/mol. The van der Waals surface area contributed by atoms with Gasteiger partial charge in [-0.3, -0.25) is 0 Å². The molecule has 0 aromatic heterocycles. The summed E-state index contributed by atoms with van der Waals surface area (Å²) in [6.45, 7) is 0.890. The topological polar surface area (TPSA) is 61.8 Å². The minimum absolute atomic E-state index is 0.515. The van der Waals surface area contributed by atoms with Crippen molar-refractivity contribution in [2.75, 3.05) is 19.3 Å². The van der Waals surface area contributed by atoms with Gasteiger partial charge in [-0.25, -0.2) is 0 Å². The highest BCUT2D eigenvalue weighted by Crippen LogP contribution is 2.25. The van der Waals surface area contributed by atoms with Crippen molar-refractivity contribution in [2.24, 2.45) is 0 Å². The minimum Gasteiger partial charge on any atom is -0.397 e. The summed E-state index contributed by atoms with van der Waals surface area (Å²) in [7, 11) is 1.90. The van der Waals surface area contributed by atoms with Crippen molar-refractivity contribution < 1.29 is 0 Å². The van der Waals surface area contributed by atoms with Crippen LogP contribution in [0.4, 0.5) is 5.69 Å². The number of nitriles is 1. The minimum atomic E-state index is 0.515. The van der Waals surface area contributed by atoms with Crippen LogP contribution in [0.1, 0.15) is 11.1 Å². The molecule has 4 heteroatoms. The van der Waals surface area contributed by atoms with Crippen LogP contribution in [0.3, 0.4) is 0 Å². The molecule has 0 atom stereocenters. The maximum absolute atomic E-state index is 8.83. The number of nitrogen functional groups attached to an aromatic ring is 1. The zero-order valence-corrected chi connectivity index (χ0v) is 9.56. The van der Waals surface area contributed by atoms with Crippen LogP contribution < -0.4 is 11.1 Å². The average molecular weight is 254 g/mol. The summed E-state index contributed by atoms with van der Waals surface area (Å²) in [5, 5.41) is 11.9. The van der Waals surface area contributed by atoms with Crippen LogP contribution >= 0.6 is 15.9 Å². The molecular formula is C10H12BrN3. The van der Waals surface area contributed by atoms with E-state index in [0.717, 1.165) is 23.0 Å². The van der Waals surface area contributed by atoms with Crippen molar-refractivity contribution in [3.63, 3.8) is 0 Å². The summed E-state index contributed by atoms with van der Waals surface area (Å²) in [5.41, 5.74) is 7.86. The Bertz CT molecular complexity index is 368. The van der Waals surface area contributed by atoms with E-state index in [0.29, 0.717) is 11.3 Å². The molecule has 0 radical (unpaired) electrons. The number of hydrogen-bond acceptors (Lipinski definition) is 3. The van der Waals surface area contributed by atoms with Gasteiger partial charge in [-0.2, -0.15) is 5.26 Å². The fourth-order valence-corrected chi connectivity index (χ4v) is 1.69. The van der Waals surface area contributed by atoms with Crippen molar-refractivity contribution in [3.8, 4) is 6.07 Å². The molecule has 0 unspecified atom stereocenters. The van der Waals surface area contributed by atoms with E-state index >= 15 is 0 Å². The highest BCUT2D eigenvalue weighted by Gasteiger charge is 2.05. The van der Waals surface area contributed by atoms with Crippen molar-refractivity contribution in [3.05, 3.63) is 27.7 Å². The molecule has 3 nitrogen and oxygen atoms in total. The predicted molar refractivity (Wildman–Crippen MR) is 60.9 cm³/mol. The van der Waals surface area contributed by atoms with E-state index in [1.54, 1.807) is 0 Å².